The van der Waals surface area contributed by atoms with Gasteiger partial charge in [0.1, 0.15) is 0 Å². The molecule has 0 aromatic heterocycles. The number of benzene rings is 1. The SMILES string of the molecule is CC[Se+](CC)c1c(OC)cccc1OC. The summed E-state index contributed by atoms with van der Waals surface area (Å²) in [6.45, 7) is 4.50. The first kappa shape index (κ1) is 12.4. The summed E-state index contributed by atoms with van der Waals surface area (Å²) in [6.07, 6.45) is 0. The third-order valence-electron chi connectivity index (χ3n) is 2.37. The first-order chi connectivity index (χ1) is 7.28. The molecule has 0 spiro atoms. The predicted molar refractivity (Wildman–Crippen MR) is 65.9 cm³/mol. The van der Waals surface area contributed by atoms with E-state index in [0.717, 1.165) is 11.5 Å². The third kappa shape index (κ3) is 2.67. The Balaban J connectivity index is 3.20. The molecular formula is C12H19O2Se+. The number of ether oxygens (including phenoxy) is 2. The van der Waals surface area contributed by atoms with E-state index in [4.69, 9.17) is 9.47 Å². The van der Waals surface area contributed by atoms with Gasteiger partial charge in [0.25, 0.3) is 0 Å². The van der Waals surface area contributed by atoms with Crippen LogP contribution in [0.2, 0.25) is 10.6 Å². The van der Waals surface area contributed by atoms with Gasteiger partial charge in [-0.05, 0) is 0 Å². The van der Waals surface area contributed by atoms with E-state index < -0.39 is 13.9 Å². The van der Waals surface area contributed by atoms with Crippen molar-refractivity contribution in [3.05, 3.63) is 18.2 Å². The van der Waals surface area contributed by atoms with Crippen molar-refractivity contribution in [2.24, 2.45) is 0 Å². The summed E-state index contributed by atoms with van der Waals surface area (Å²) in [7, 11) is 3.46. The van der Waals surface area contributed by atoms with E-state index in [1.165, 1.54) is 15.1 Å². The van der Waals surface area contributed by atoms with Gasteiger partial charge in [-0.2, -0.15) is 0 Å². The summed E-state index contributed by atoms with van der Waals surface area (Å²) < 4.78 is 12.2. The summed E-state index contributed by atoms with van der Waals surface area (Å²) >= 11 is -0.772. The molecule has 0 aliphatic heterocycles. The Labute approximate surface area is 96.5 Å². The zero-order valence-electron chi connectivity index (χ0n) is 9.87. The topological polar surface area (TPSA) is 18.5 Å². The van der Waals surface area contributed by atoms with Crippen LogP contribution in [-0.4, -0.2) is 28.1 Å². The molecular weight excluding hydrogens is 255 g/mol. The Bertz CT molecular complexity index is 286. The Morgan fingerprint density at radius 3 is 1.80 bits per heavy atom. The molecule has 0 fully saturated rings. The zero-order valence-corrected chi connectivity index (χ0v) is 11.6. The third-order valence-corrected chi connectivity index (χ3v) is 7.35. The molecule has 84 valence electrons. The summed E-state index contributed by atoms with van der Waals surface area (Å²) in [6, 6.07) is 6.04. The van der Waals surface area contributed by atoms with Crippen LogP contribution < -0.4 is 13.9 Å². The van der Waals surface area contributed by atoms with Gasteiger partial charge in [0.15, 0.2) is 0 Å². The predicted octanol–water partition coefficient (Wildman–Crippen LogP) is 2.45. The molecule has 0 saturated carbocycles. The van der Waals surface area contributed by atoms with Gasteiger partial charge in [0.2, 0.25) is 0 Å². The maximum absolute atomic E-state index is 5.42. The fraction of sp³-hybridized carbons (Fsp3) is 0.500. The van der Waals surface area contributed by atoms with Crippen LogP contribution in [-0.2, 0) is 0 Å². The molecule has 0 atom stereocenters. The van der Waals surface area contributed by atoms with Crippen molar-refractivity contribution in [1.29, 1.82) is 0 Å². The molecule has 2 nitrogen and oxygen atoms in total. The standard InChI is InChI=1S/C12H19O2Se/c1-5-15(6-2)12-10(13-3)8-7-9-11(12)14-4/h7-9H,5-6H2,1-4H3/q+1. The fourth-order valence-corrected chi connectivity index (χ4v) is 5.49. The van der Waals surface area contributed by atoms with Gasteiger partial charge in [0, 0.05) is 0 Å². The molecule has 3 heteroatoms. The Morgan fingerprint density at radius 1 is 1.00 bits per heavy atom. The first-order valence-electron chi connectivity index (χ1n) is 5.16. The molecule has 0 aliphatic rings. The molecule has 15 heavy (non-hydrogen) atoms. The van der Waals surface area contributed by atoms with Gasteiger partial charge < -0.3 is 0 Å². The van der Waals surface area contributed by atoms with Crippen LogP contribution in [0.1, 0.15) is 13.8 Å². The summed E-state index contributed by atoms with van der Waals surface area (Å²) in [5.41, 5.74) is 0. The molecule has 0 aliphatic carbocycles. The van der Waals surface area contributed by atoms with Crippen LogP contribution in [0.15, 0.2) is 18.2 Å². The quantitative estimate of drug-likeness (QED) is 0.768. The number of hydrogen-bond donors (Lipinski definition) is 0. The van der Waals surface area contributed by atoms with Crippen molar-refractivity contribution >= 4 is 18.4 Å². The summed E-state index contributed by atoms with van der Waals surface area (Å²) in [4.78, 5) is 0. The van der Waals surface area contributed by atoms with Crippen molar-refractivity contribution in [2.45, 2.75) is 24.5 Å². The number of methoxy groups -OCH3 is 2. The molecule has 0 N–H and O–H groups in total. The molecule has 1 aromatic rings. The second-order valence-corrected chi connectivity index (χ2v) is 8.41. The van der Waals surface area contributed by atoms with Crippen LogP contribution in [0.3, 0.4) is 0 Å². The monoisotopic (exact) mass is 275 g/mol. The fourth-order valence-electron chi connectivity index (χ4n) is 1.59. The number of hydrogen-bond acceptors (Lipinski definition) is 2. The van der Waals surface area contributed by atoms with Crippen molar-refractivity contribution in [3.8, 4) is 11.5 Å². The van der Waals surface area contributed by atoms with Gasteiger partial charge in [0.05, 0.1) is 0 Å². The van der Waals surface area contributed by atoms with Crippen molar-refractivity contribution in [3.63, 3.8) is 0 Å². The van der Waals surface area contributed by atoms with Crippen molar-refractivity contribution in [1.82, 2.24) is 0 Å². The molecule has 1 aromatic carbocycles. The minimum atomic E-state index is -0.772. The molecule has 1 rings (SSSR count). The van der Waals surface area contributed by atoms with Crippen molar-refractivity contribution < 1.29 is 9.47 Å². The van der Waals surface area contributed by atoms with E-state index >= 15 is 0 Å². The van der Waals surface area contributed by atoms with Crippen LogP contribution in [0.4, 0.5) is 0 Å². The van der Waals surface area contributed by atoms with Crippen LogP contribution in [0.25, 0.3) is 0 Å². The average Bonchev–Trinajstić information content (AvgIpc) is 2.30. The van der Waals surface area contributed by atoms with Gasteiger partial charge in [-0.25, -0.2) is 0 Å². The van der Waals surface area contributed by atoms with Gasteiger partial charge in [-0.3, -0.25) is 0 Å². The van der Waals surface area contributed by atoms with Crippen LogP contribution in [0, 0.1) is 0 Å². The molecule has 0 amide bonds. The van der Waals surface area contributed by atoms with Gasteiger partial charge in [-0.1, -0.05) is 0 Å². The molecule has 0 unspecified atom stereocenters. The molecule has 0 saturated heterocycles. The van der Waals surface area contributed by atoms with E-state index in [0.29, 0.717) is 0 Å². The number of rotatable bonds is 5. The second kappa shape index (κ2) is 6.04. The molecule has 0 radical (unpaired) electrons. The van der Waals surface area contributed by atoms with E-state index in [2.05, 4.69) is 13.8 Å². The zero-order chi connectivity index (χ0) is 11.3. The summed E-state index contributed by atoms with van der Waals surface area (Å²) in [5.74, 6) is 1.98. The summed E-state index contributed by atoms with van der Waals surface area (Å²) in [5, 5.41) is 2.46. The Hall–Kier alpha value is -0.661. The van der Waals surface area contributed by atoms with E-state index in [1.807, 2.05) is 18.2 Å². The minimum absolute atomic E-state index is 0.772. The van der Waals surface area contributed by atoms with E-state index in [1.54, 1.807) is 14.2 Å². The van der Waals surface area contributed by atoms with E-state index in [-0.39, 0.29) is 0 Å². The van der Waals surface area contributed by atoms with E-state index in [9.17, 15) is 0 Å². The normalized spacial score (nSPS) is 10.5. The van der Waals surface area contributed by atoms with Gasteiger partial charge in [-0.15, -0.1) is 0 Å². The van der Waals surface area contributed by atoms with Crippen LogP contribution in [0.5, 0.6) is 11.5 Å². The Morgan fingerprint density at radius 2 is 1.47 bits per heavy atom. The average molecular weight is 274 g/mol. The molecule has 0 bridgehead atoms. The Kier molecular flexibility index (Phi) is 5.00. The van der Waals surface area contributed by atoms with Gasteiger partial charge >= 0.3 is 96.2 Å². The molecule has 0 heterocycles. The maximum atomic E-state index is 5.42. The van der Waals surface area contributed by atoms with Crippen molar-refractivity contribution in [2.75, 3.05) is 14.2 Å². The first-order valence-corrected chi connectivity index (χ1v) is 8.44. The van der Waals surface area contributed by atoms with Crippen LogP contribution >= 0.6 is 0 Å². The second-order valence-electron chi connectivity index (χ2n) is 3.06.